The minimum Gasteiger partial charge on any atom is -0.290 e. The molecule has 1 heteroatoms. The van der Waals surface area contributed by atoms with E-state index in [9.17, 15) is 4.79 Å². The zero-order valence-electron chi connectivity index (χ0n) is 7.92. The van der Waals surface area contributed by atoms with Gasteiger partial charge in [0.25, 0.3) is 0 Å². The van der Waals surface area contributed by atoms with Crippen LogP contribution in [0.15, 0.2) is 29.1 Å². The van der Waals surface area contributed by atoms with Gasteiger partial charge in [0.2, 0.25) is 0 Å². The quantitative estimate of drug-likeness (QED) is 0.639. The van der Waals surface area contributed by atoms with Crippen LogP contribution in [0, 0.1) is 6.92 Å². The molecule has 0 heterocycles. The molecule has 0 unspecified atom stereocenters. The third kappa shape index (κ3) is 1.64. The van der Waals surface area contributed by atoms with Gasteiger partial charge in [0.15, 0.2) is 5.43 Å². The molecule has 1 aromatic rings. The van der Waals surface area contributed by atoms with Crippen LogP contribution in [0.25, 0.3) is 0 Å². The van der Waals surface area contributed by atoms with Gasteiger partial charge < -0.3 is 0 Å². The molecule has 1 nitrogen and oxygen atoms in total. The number of rotatable bonds is 1. The van der Waals surface area contributed by atoms with E-state index in [1.165, 1.54) is 24.8 Å². The molecule has 1 aliphatic carbocycles. The summed E-state index contributed by atoms with van der Waals surface area (Å²) in [5.74, 6) is 0.713. The predicted molar refractivity (Wildman–Crippen MR) is 54.0 cm³/mol. The molecule has 1 aliphatic rings. The van der Waals surface area contributed by atoms with Gasteiger partial charge in [0.1, 0.15) is 0 Å². The van der Waals surface area contributed by atoms with E-state index in [0.717, 1.165) is 5.56 Å². The van der Waals surface area contributed by atoms with Crippen molar-refractivity contribution < 1.29 is 0 Å². The van der Waals surface area contributed by atoms with Gasteiger partial charge in [-0.3, -0.25) is 4.79 Å². The lowest BCUT2D eigenvalue weighted by Crippen LogP contribution is -2.08. The Balaban J connectivity index is 2.43. The van der Waals surface area contributed by atoms with E-state index in [2.05, 4.69) is 6.07 Å². The van der Waals surface area contributed by atoms with Crippen molar-refractivity contribution >= 4 is 0 Å². The van der Waals surface area contributed by atoms with Crippen molar-refractivity contribution in [3.05, 3.63) is 45.6 Å². The van der Waals surface area contributed by atoms with Crippen LogP contribution in [-0.2, 0) is 0 Å². The van der Waals surface area contributed by atoms with Gasteiger partial charge in [0, 0.05) is 0 Å². The molecule has 13 heavy (non-hydrogen) atoms. The van der Waals surface area contributed by atoms with Gasteiger partial charge >= 0.3 is 0 Å². The van der Waals surface area contributed by atoms with Crippen LogP contribution in [0.2, 0.25) is 0 Å². The molecular weight excluding hydrogens is 160 g/mol. The van der Waals surface area contributed by atoms with Crippen LogP contribution in [0.1, 0.15) is 36.3 Å². The Kier molecular flexibility index (Phi) is 2.17. The standard InChI is InChI=1S/C12H14O/c1-9-8-11(10-4-2-5-10)6-3-7-12(9)13/h3,6-8,10H,2,4-5H2,1H3. The van der Waals surface area contributed by atoms with E-state index < -0.39 is 0 Å². The van der Waals surface area contributed by atoms with Crippen molar-refractivity contribution in [1.82, 2.24) is 0 Å². The Morgan fingerprint density at radius 3 is 2.69 bits per heavy atom. The lowest BCUT2D eigenvalue weighted by molar-refractivity contribution is 0.420. The van der Waals surface area contributed by atoms with Gasteiger partial charge in [0.05, 0.1) is 0 Å². The molecular formula is C12H14O. The monoisotopic (exact) mass is 174 g/mol. The van der Waals surface area contributed by atoms with Crippen LogP contribution in [-0.4, -0.2) is 0 Å². The molecule has 0 aliphatic heterocycles. The van der Waals surface area contributed by atoms with Crippen molar-refractivity contribution in [3.63, 3.8) is 0 Å². The van der Waals surface area contributed by atoms with Crippen molar-refractivity contribution in [2.45, 2.75) is 32.1 Å². The zero-order chi connectivity index (χ0) is 9.26. The maximum atomic E-state index is 11.3. The molecule has 0 amide bonds. The van der Waals surface area contributed by atoms with Crippen LogP contribution >= 0.6 is 0 Å². The average molecular weight is 174 g/mol. The first-order valence-electron chi connectivity index (χ1n) is 4.88. The highest BCUT2D eigenvalue weighted by Crippen LogP contribution is 2.35. The Hall–Kier alpha value is -1.11. The van der Waals surface area contributed by atoms with Gasteiger partial charge in [-0.25, -0.2) is 0 Å². The fourth-order valence-electron chi connectivity index (χ4n) is 1.74. The maximum Gasteiger partial charge on any atom is 0.181 e. The molecule has 0 aromatic heterocycles. The maximum absolute atomic E-state index is 11.3. The van der Waals surface area contributed by atoms with Crippen molar-refractivity contribution in [2.75, 3.05) is 0 Å². The lowest BCUT2D eigenvalue weighted by Gasteiger charge is -2.25. The second-order valence-electron chi connectivity index (χ2n) is 3.85. The van der Waals surface area contributed by atoms with E-state index in [-0.39, 0.29) is 5.43 Å². The van der Waals surface area contributed by atoms with E-state index >= 15 is 0 Å². The summed E-state index contributed by atoms with van der Waals surface area (Å²) in [4.78, 5) is 11.3. The van der Waals surface area contributed by atoms with Crippen molar-refractivity contribution in [2.24, 2.45) is 0 Å². The smallest absolute Gasteiger partial charge is 0.181 e. The second-order valence-corrected chi connectivity index (χ2v) is 3.85. The summed E-state index contributed by atoms with van der Waals surface area (Å²) in [6.45, 7) is 1.89. The van der Waals surface area contributed by atoms with Crippen LogP contribution in [0.4, 0.5) is 0 Å². The molecule has 0 saturated heterocycles. The average Bonchev–Trinajstić information content (AvgIpc) is 2.12. The van der Waals surface area contributed by atoms with E-state index in [0.29, 0.717) is 5.92 Å². The molecule has 1 aromatic carbocycles. The summed E-state index contributed by atoms with van der Waals surface area (Å²) in [5.41, 5.74) is 2.35. The zero-order valence-corrected chi connectivity index (χ0v) is 7.92. The molecule has 1 fully saturated rings. The first-order valence-corrected chi connectivity index (χ1v) is 4.88. The largest absolute Gasteiger partial charge is 0.290 e. The molecule has 2 rings (SSSR count). The number of hydrogen-bond donors (Lipinski definition) is 0. The predicted octanol–water partition coefficient (Wildman–Crippen LogP) is 2.62. The van der Waals surface area contributed by atoms with Gasteiger partial charge in [-0.05, 0) is 42.9 Å². The Morgan fingerprint density at radius 1 is 1.31 bits per heavy atom. The van der Waals surface area contributed by atoms with Crippen molar-refractivity contribution in [1.29, 1.82) is 0 Å². The summed E-state index contributed by atoms with van der Waals surface area (Å²) in [7, 11) is 0. The third-order valence-electron chi connectivity index (χ3n) is 2.88. The molecule has 0 radical (unpaired) electrons. The molecule has 1 saturated carbocycles. The third-order valence-corrected chi connectivity index (χ3v) is 2.88. The summed E-state index contributed by atoms with van der Waals surface area (Å²) >= 11 is 0. The van der Waals surface area contributed by atoms with Crippen molar-refractivity contribution in [3.8, 4) is 0 Å². The fraction of sp³-hybridized carbons (Fsp3) is 0.417. The molecule has 0 bridgehead atoms. The fourth-order valence-corrected chi connectivity index (χ4v) is 1.74. The number of hydrogen-bond acceptors (Lipinski definition) is 1. The second kappa shape index (κ2) is 3.33. The normalized spacial score (nSPS) is 16.7. The Labute approximate surface area is 78.4 Å². The van der Waals surface area contributed by atoms with Crippen LogP contribution < -0.4 is 5.43 Å². The minimum absolute atomic E-state index is 0.144. The summed E-state index contributed by atoms with van der Waals surface area (Å²) in [6, 6.07) is 7.66. The van der Waals surface area contributed by atoms with E-state index in [4.69, 9.17) is 0 Å². The van der Waals surface area contributed by atoms with Crippen LogP contribution in [0.5, 0.6) is 0 Å². The summed E-state index contributed by atoms with van der Waals surface area (Å²) < 4.78 is 0. The summed E-state index contributed by atoms with van der Waals surface area (Å²) in [6.07, 6.45) is 3.92. The van der Waals surface area contributed by atoms with Crippen LogP contribution in [0.3, 0.4) is 0 Å². The van der Waals surface area contributed by atoms with Gasteiger partial charge in [-0.2, -0.15) is 0 Å². The lowest BCUT2D eigenvalue weighted by atomic mass is 9.80. The highest BCUT2D eigenvalue weighted by Gasteiger charge is 2.18. The van der Waals surface area contributed by atoms with E-state index in [1.54, 1.807) is 6.07 Å². The SMILES string of the molecule is Cc1cc(C2CCC2)cccc1=O. The topological polar surface area (TPSA) is 17.1 Å². The first kappa shape index (κ1) is 8.49. The highest BCUT2D eigenvalue weighted by molar-refractivity contribution is 5.25. The number of aryl methyl sites for hydroxylation is 1. The van der Waals surface area contributed by atoms with Gasteiger partial charge in [-0.1, -0.05) is 24.6 Å². The van der Waals surface area contributed by atoms with Gasteiger partial charge in [-0.15, -0.1) is 0 Å². The molecule has 68 valence electrons. The minimum atomic E-state index is 0.144. The summed E-state index contributed by atoms with van der Waals surface area (Å²) in [5, 5.41) is 0. The highest BCUT2D eigenvalue weighted by atomic mass is 16.1. The first-order chi connectivity index (χ1) is 6.27. The Morgan fingerprint density at radius 2 is 2.08 bits per heavy atom. The van der Waals surface area contributed by atoms with E-state index in [1.807, 2.05) is 19.1 Å². The molecule has 0 N–H and O–H groups in total. The Bertz CT molecular complexity index is 364. The molecule has 0 atom stereocenters. The molecule has 0 spiro atoms.